The Kier molecular flexibility index (Phi) is 2.44. The lowest BCUT2D eigenvalue weighted by Gasteiger charge is -2.26. The topological polar surface area (TPSA) is 58.6 Å². The molecule has 3 fully saturated rings. The van der Waals surface area contributed by atoms with E-state index in [1.165, 1.54) is 0 Å². The van der Waals surface area contributed by atoms with Gasteiger partial charge in [0.25, 0.3) is 5.91 Å². The Labute approximate surface area is 95.4 Å². The summed E-state index contributed by atoms with van der Waals surface area (Å²) in [4.78, 5) is 12.0. The third-order valence-electron chi connectivity index (χ3n) is 4.28. The lowest BCUT2D eigenvalue weighted by molar-refractivity contribution is -0.140. The second-order valence-corrected chi connectivity index (χ2v) is 5.43. The monoisotopic (exact) mass is 225 g/mol. The van der Waals surface area contributed by atoms with Crippen molar-refractivity contribution in [1.82, 2.24) is 5.32 Å². The van der Waals surface area contributed by atoms with Crippen molar-refractivity contribution in [3.63, 3.8) is 0 Å². The molecule has 4 heteroatoms. The molecular weight excluding hydrogens is 206 g/mol. The van der Waals surface area contributed by atoms with Crippen LogP contribution >= 0.6 is 0 Å². The number of carbonyl (C=O) groups excluding carboxylic acids is 1. The summed E-state index contributed by atoms with van der Waals surface area (Å²) < 4.78 is 5.68. The molecule has 3 atom stereocenters. The summed E-state index contributed by atoms with van der Waals surface area (Å²) in [6.45, 7) is 0. The molecule has 2 N–H and O–H groups in total. The summed E-state index contributed by atoms with van der Waals surface area (Å²) >= 11 is 0. The standard InChI is InChI=1S/C12H19NO3/c14-11(12(15)5-1-2-6-12)13-9-7-8-3-4-10(9)16-8/h8-10,15H,1-7H2,(H,13,14). The zero-order valence-electron chi connectivity index (χ0n) is 9.45. The van der Waals surface area contributed by atoms with Gasteiger partial charge in [-0.15, -0.1) is 0 Å². The summed E-state index contributed by atoms with van der Waals surface area (Å²) in [5.74, 6) is -0.175. The van der Waals surface area contributed by atoms with Gasteiger partial charge in [0.1, 0.15) is 5.60 Å². The summed E-state index contributed by atoms with van der Waals surface area (Å²) in [6, 6.07) is 0.135. The number of nitrogens with one attached hydrogen (secondary N) is 1. The molecule has 2 heterocycles. The Morgan fingerprint density at radius 2 is 2.06 bits per heavy atom. The Morgan fingerprint density at radius 1 is 1.31 bits per heavy atom. The average molecular weight is 225 g/mol. The Balaban J connectivity index is 1.60. The predicted octanol–water partition coefficient (Wildman–Crippen LogP) is 0.728. The van der Waals surface area contributed by atoms with Crippen molar-refractivity contribution in [3.8, 4) is 0 Å². The Bertz CT molecular complexity index is 299. The van der Waals surface area contributed by atoms with Crippen LogP contribution in [0.15, 0.2) is 0 Å². The van der Waals surface area contributed by atoms with Gasteiger partial charge in [-0.3, -0.25) is 4.79 Å². The van der Waals surface area contributed by atoms with Crippen LogP contribution in [0.4, 0.5) is 0 Å². The van der Waals surface area contributed by atoms with Crippen molar-refractivity contribution >= 4 is 5.91 Å². The molecule has 2 saturated heterocycles. The van der Waals surface area contributed by atoms with Crippen molar-refractivity contribution in [1.29, 1.82) is 0 Å². The van der Waals surface area contributed by atoms with Crippen LogP contribution in [0.3, 0.4) is 0 Å². The molecule has 0 aromatic carbocycles. The van der Waals surface area contributed by atoms with E-state index in [1.54, 1.807) is 0 Å². The molecule has 2 bridgehead atoms. The summed E-state index contributed by atoms with van der Waals surface area (Å²) in [5.41, 5.74) is -1.10. The first-order chi connectivity index (χ1) is 7.67. The van der Waals surface area contributed by atoms with E-state index in [0.29, 0.717) is 18.9 Å². The average Bonchev–Trinajstić information content (AvgIpc) is 2.93. The summed E-state index contributed by atoms with van der Waals surface area (Å²) in [7, 11) is 0. The Morgan fingerprint density at radius 3 is 2.62 bits per heavy atom. The molecule has 0 aromatic heterocycles. The van der Waals surface area contributed by atoms with Crippen LogP contribution in [0, 0.1) is 0 Å². The van der Waals surface area contributed by atoms with Crippen LogP contribution in [0.2, 0.25) is 0 Å². The fraction of sp³-hybridized carbons (Fsp3) is 0.917. The van der Waals surface area contributed by atoms with Crippen molar-refractivity contribution in [2.24, 2.45) is 0 Å². The van der Waals surface area contributed by atoms with Crippen LogP contribution < -0.4 is 5.32 Å². The number of fused-ring (bicyclic) bond motifs is 2. The Hall–Kier alpha value is -0.610. The molecule has 3 unspecified atom stereocenters. The van der Waals surface area contributed by atoms with E-state index >= 15 is 0 Å². The van der Waals surface area contributed by atoms with Gasteiger partial charge in [0.15, 0.2) is 0 Å². The maximum absolute atomic E-state index is 12.0. The second-order valence-electron chi connectivity index (χ2n) is 5.43. The molecule has 0 spiro atoms. The molecule has 4 nitrogen and oxygen atoms in total. The van der Waals surface area contributed by atoms with E-state index in [4.69, 9.17) is 4.74 Å². The van der Waals surface area contributed by atoms with Gasteiger partial charge in [-0.05, 0) is 44.9 Å². The van der Waals surface area contributed by atoms with Gasteiger partial charge in [0.05, 0.1) is 18.2 Å². The second kappa shape index (κ2) is 3.70. The number of ether oxygens (including phenoxy) is 1. The van der Waals surface area contributed by atoms with E-state index in [-0.39, 0.29) is 18.1 Å². The fourth-order valence-electron chi connectivity index (χ4n) is 3.28. The van der Waals surface area contributed by atoms with Gasteiger partial charge in [-0.2, -0.15) is 0 Å². The van der Waals surface area contributed by atoms with Crippen LogP contribution in [0.1, 0.15) is 44.9 Å². The van der Waals surface area contributed by atoms with Crippen LogP contribution in [-0.4, -0.2) is 34.9 Å². The highest BCUT2D eigenvalue weighted by molar-refractivity contribution is 5.85. The van der Waals surface area contributed by atoms with Crippen molar-refractivity contribution < 1.29 is 14.6 Å². The number of carbonyl (C=O) groups is 1. The number of amides is 1. The number of hydrogen-bond acceptors (Lipinski definition) is 3. The lowest BCUT2D eigenvalue weighted by Crippen LogP contribution is -2.51. The molecule has 16 heavy (non-hydrogen) atoms. The van der Waals surface area contributed by atoms with E-state index in [1.807, 2.05) is 0 Å². The molecule has 90 valence electrons. The first-order valence-corrected chi connectivity index (χ1v) is 6.36. The van der Waals surface area contributed by atoms with Gasteiger partial charge in [0, 0.05) is 0 Å². The highest BCUT2D eigenvalue weighted by Crippen LogP contribution is 2.35. The SMILES string of the molecule is O=C(NC1CC2CCC1O2)C1(O)CCCC1. The minimum absolute atomic E-state index is 0.135. The number of rotatable bonds is 2. The van der Waals surface area contributed by atoms with Crippen LogP contribution in [0.5, 0.6) is 0 Å². The zero-order chi connectivity index (χ0) is 11.2. The van der Waals surface area contributed by atoms with E-state index < -0.39 is 5.60 Å². The lowest BCUT2D eigenvalue weighted by atomic mass is 9.94. The number of hydrogen-bond donors (Lipinski definition) is 2. The van der Waals surface area contributed by atoms with Gasteiger partial charge in [0.2, 0.25) is 0 Å². The molecule has 3 rings (SSSR count). The molecular formula is C12H19NO3. The molecule has 1 aliphatic carbocycles. The largest absolute Gasteiger partial charge is 0.380 e. The molecule has 1 amide bonds. The third-order valence-corrected chi connectivity index (χ3v) is 4.28. The van der Waals surface area contributed by atoms with Crippen molar-refractivity contribution in [2.45, 2.75) is 68.8 Å². The van der Waals surface area contributed by atoms with Crippen LogP contribution in [-0.2, 0) is 9.53 Å². The molecule has 2 aliphatic heterocycles. The summed E-state index contributed by atoms with van der Waals surface area (Å²) in [6.07, 6.45) is 6.77. The van der Waals surface area contributed by atoms with Crippen molar-refractivity contribution in [3.05, 3.63) is 0 Å². The van der Waals surface area contributed by atoms with Crippen molar-refractivity contribution in [2.75, 3.05) is 0 Å². The summed E-state index contributed by atoms with van der Waals surface area (Å²) in [5, 5.41) is 13.1. The van der Waals surface area contributed by atoms with E-state index in [9.17, 15) is 9.90 Å². The normalized spacial score (nSPS) is 40.2. The number of aliphatic hydroxyl groups is 1. The smallest absolute Gasteiger partial charge is 0.252 e. The molecule has 3 aliphatic rings. The first-order valence-electron chi connectivity index (χ1n) is 6.36. The van der Waals surface area contributed by atoms with E-state index in [2.05, 4.69) is 5.32 Å². The minimum Gasteiger partial charge on any atom is -0.380 e. The van der Waals surface area contributed by atoms with Gasteiger partial charge < -0.3 is 15.2 Å². The quantitative estimate of drug-likeness (QED) is 0.728. The predicted molar refractivity (Wildman–Crippen MR) is 57.9 cm³/mol. The minimum atomic E-state index is -1.10. The molecule has 1 saturated carbocycles. The fourth-order valence-corrected chi connectivity index (χ4v) is 3.28. The maximum atomic E-state index is 12.0. The molecule has 0 radical (unpaired) electrons. The maximum Gasteiger partial charge on any atom is 0.252 e. The first kappa shape index (κ1) is 10.5. The highest BCUT2D eigenvalue weighted by Gasteiger charge is 2.45. The van der Waals surface area contributed by atoms with Gasteiger partial charge in [-0.1, -0.05) is 0 Å². The zero-order valence-corrected chi connectivity index (χ0v) is 9.45. The van der Waals surface area contributed by atoms with Gasteiger partial charge in [-0.25, -0.2) is 0 Å². The van der Waals surface area contributed by atoms with E-state index in [0.717, 1.165) is 32.1 Å². The highest BCUT2D eigenvalue weighted by atomic mass is 16.5. The third kappa shape index (κ3) is 1.64. The van der Waals surface area contributed by atoms with Crippen LogP contribution in [0.25, 0.3) is 0 Å². The molecule has 0 aromatic rings. The van der Waals surface area contributed by atoms with Gasteiger partial charge >= 0.3 is 0 Å².